The van der Waals surface area contributed by atoms with E-state index in [9.17, 15) is 18.0 Å². The number of carboxylic acid groups (broad SMARTS) is 1. The first-order valence-corrected chi connectivity index (χ1v) is 5.77. The van der Waals surface area contributed by atoms with Gasteiger partial charge in [0.15, 0.2) is 5.69 Å². The molecule has 0 bridgehead atoms. The molecule has 0 amide bonds. The molecule has 112 valence electrons. The molecule has 1 aromatic carbocycles. The fourth-order valence-electron chi connectivity index (χ4n) is 1.65. The summed E-state index contributed by atoms with van der Waals surface area (Å²) in [7, 11) is 0. The SMILES string of the molecule is Cc1onc(C(=O)O)c1COc1cccc(C(F)(F)F)c1. The van der Waals surface area contributed by atoms with Gasteiger partial charge < -0.3 is 14.4 Å². The van der Waals surface area contributed by atoms with Gasteiger partial charge in [0.1, 0.15) is 18.1 Å². The Kier molecular flexibility index (Phi) is 3.88. The predicted molar refractivity (Wildman–Crippen MR) is 64.0 cm³/mol. The molecule has 1 heterocycles. The third-order valence-electron chi connectivity index (χ3n) is 2.73. The molecule has 0 aliphatic rings. The summed E-state index contributed by atoms with van der Waals surface area (Å²) in [5.41, 5.74) is -0.986. The molecular weight excluding hydrogens is 291 g/mol. The highest BCUT2D eigenvalue weighted by Gasteiger charge is 2.30. The zero-order chi connectivity index (χ0) is 15.6. The van der Waals surface area contributed by atoms with Gasteiger partial charge in [-0.2, -0.15) is 13.2 Å². The van der Waals surface area contributed by atoms with Crippen molar-refractivity contribution in [2.75, 3.05) is 0 Å². The van der Waals surface area contributed by atoms with Crippen LogP contribution in [0.5, 0.6) is 5.75 Å². The van der Waals surface area contributed by atoms with Crippen molar-refractivity contribution in [2.45, 2.75) is 19.7 Å². The fourth-order valence-corrected chi connectivity index (χ4v) is 1.65. The van der Waals surface area contributed by atoms with E-state index in [4.69, 9.17) is 14.4 Å². The highest BCUT2D eigenvalue weighted by molar-refractivity contribution is 5.87. The van der Waals surface area contributed by atoms with E-state index in [1.165, 1.54) is 19.1 Å². The monoisotopic (exact) mass is 301 g/mol. The lowest BCUT2D eigenvalue weighted by Gasteiger charge is -2.10. The summed E-state index contributed by atoms with van der Waals surface area (Å²) in [6.45, 7) is 1.24. The summed E-state index contributed by atoms with van der Waals surface area (Å²) < 4.78 is 47.6. The second-order valence-corrected chi connectivity index (χ2v) is 4.19. The minimum Gasteiger partial charge on any atom is -0.489 e. The summed E-state index contributed by atoms with van der Waals surface area (Å²) >= 11 is 0. The predicted octanol–water partition coefficient (Wildman–Crippen LogP) is 3.28. The number of ether oxygens (including phenoxy) is 1. The van der Waals surface area contributed by atoms with Gasteiger partial charge in [0.2, 0.25) is 0 Å². The summed E-state index contributed by atoms with van der Waals surface area (Å²) in [5, 5.41) is 12.2. The summed E-state index contributed by atoms with van der Waals surface area (Å²) in [4.78, 5) is 10.9. The highest BCUT2D eigenvalue weighted by atomic mass is 19.4. The van der Waals surface area contributed by atoms with E-state index >= 15 is 0 Å². The quantitative estimate of drug-likeness (QED) is 0.938. The Morgan fingerprint density at radius 1 is 1.43 bits per heavy atom. The summed E-state index contributed by atoms with van der Waals surface area (Å²) in [6.07, 6.45) is -4.47. The van der Waals surface area contributed by atoms with E-state index in [0.29, 0.717) is 0 Å². The van der Waals surface area contributed by atoms with Crippen LogP contribution in [0, 0.1) is 6.92 Å². The second-order valence-electron chi connectivity index (χ2n) is 4.19. The van der Waals surface area contributed by atoms with Gasteiger partial charge in [-0.3, -0.25) is 0 Å². The van der Waals surface area contributed by atoms with Crippen molar-refractivity contribution in [3.63, 3.8) is 0 Å². The zero-order valence-corrected chi connectivity index (χ0v) is 10.8. The van der Waals surface area contributed by atoms with Crippen LogP contribution in [-0.2, 0) is 12.8 Å². The molecule has 2 rings (SSSR count). The van der Waals surface area contributed by atoms with Crippen molar-refractivity contribution in [1.29, 1.82) is 0 Å². The van der Waals surface area contributed by atoms with Crippen molar-refractivity contribution in [3.05, 3.63) is 46.8 Å². The third-order valence-corrected chi connectivity index (χ3v) is 2.73. The number of aryl methyl sites for hydroxylation is 1. The van der Waals surface area contributed by atoms with Crippen LogP contribution in [0.3, 0.4) is 0 Å². The number of aromatic nitrogens is 1. The number of nitrogens with zero attached hydrogens (tertiary/aromatic N) is 1. The van der Waals surface area contributed by atoms with Crippen LogP contribution in [0.1, 0.15) is 27.4 Å². The number of alkyl halides is 3. The average Bonchev–Trinajstić information content (AvgIpc) is 2.77. The standard InChI is InChI=1S/C13H10F3NO4/c1-7-10(11(12(18)19)17-21-7)6-20-9-4-2-3-8(5-9)13(14,15)16/h2-5H,6H2,1H3,(H,18,19). The number of halogens is 3. The zero-order valence-electron chi connectivity index (χ0n) is 10.8. The maximum absolute atomic E-state index is 12.6. The van der Waals surface area contributed by atoms with Crippen LogP contribution >= 0.6 is 0 Å². The Labute approximate surface area is 116 Å². The van der Waals surface area contributed by atoms with E-state index in [2.05, 4.69) is 5.16 Å². The molecule has 0 fully saturated rings. The van der Waals surface area contributed by atoms with Gasteiger partial charge >= 0.3 is 12.1 Å². The molecule has 0 spiro atoms. The number of hydrogen-bond donors (Lipinski definition) is 1. The minimum atomic E-state index is -4.47. The normalized spacial score (nSPS) is 11.4. The second kappa shape index (κ2) is 5.47. The maximum Gasteiger partial charge on any atom is 0.416 e. The molecular formula is C13H10F3NO4. The van der Waals surface area contributed by atoms with Crippen molar-refractivity contribution < 1.29 is 32.3 Å². The van der Waals surface area contributed by atoms with Gasteiger partial charge in [-0.25, -0.2) is 4.79 Å². The largest absolute Gasteiger partial charge is 0.489 e. The van der Waals surface area contributed by atoms with E-state index in [-0.39, 0.29) is 29.4 Å². The molecule has 1 aromatic heterocycles. The lowest BCUT2D eigenvalue weighted by molar-refractivity contribution is -0.137. The van der Waals surface area contributed by atoms with Crippen LogP contribution in [0.2, 0.25) is 0 Å². The molecule has 0 radical (unpaired) electrons. The van der Waals surface area contributed by atoms with Crippen molar-refractivity contribution in [2.24, 2.45) is 0 Å². The first kappa shape index (κ1) is 14.9. The van der Waals surface area contributed by atoms with Crippen LogP contribution in [0.15, 0.2) is 28.8 Å². The smallest absolute Gasteiger partial charge is 0.416 e. The van der Waals surface area contributed by atoms with E-state index in [1.807, 2.05) is 0 Å². The Hall–Kier alpha value is -2.51. The molecule has 0 aliphatic carbocycles. The highest BCUT2D eigenvalue weighted by Crippen LogP contribution is 2.31. The Balaban J connectivity index is 2.18. The van der Waals surface area contributed by atoms with Gasteiger partial charge in [-0.05, 0) is 25.1 Å². The molecule has 0 aliphatic heterocycles. The van der Waals surface area contributed by atoms with Gasteiger partial charge in [0.05, 0.1) is 11.1 Å². The molecule has 0 atom stereocenters. The molecule has 1 N–H and O–H groups in total. The number of benzene rings is 1. The van der Waals surface area contributed by atoms with E-state index in [1.54, 1.807) is 0 Å². The topological polar surface area (TPSA) is 72.6 Å². The number of carboxylic acids is 1. The van der Waals surface area contributed by atoms with E-state index < -0.39 is 17.7 Å². The molecule has 5 nitrogen and oxygen atoms in total. The van der Waals surface area contributed by atoms with Crippen molar-refractivity contribution >= 4 is 5.97 Å². The van der Waals surface area contributed by atoms with Gasteiger partial charge in [-0.15, -0.1) is 0 Å². The number of aromatic carboxylic acids is 1. The first-order chi connectivity index (χ1) is 9.79. The Bertz CT molecular complexity index is 664. The first-order valence-electron chi connectivity index (χ1n) is 5.77. The maximum atomic E-state index is 12.6. The molecule has 2 aromatic rings. The number of carbonyl (C=O) groups is 1. The third kappa shape index (κ3) is 3.33. The van der Waals surface area contributed by atoms with Gasteiger partial charge in [0.25, 0.3) is 0 Å². The lowest BCUT2D eigenvalue weighted by Crippen LogP contribution is -2.07. The molecule has 0 unspecified atom stereocenters. The minimum absolute atomic E-state index is 0.0261. The molecule has 21 heavy (non-hydrogen) atoms. The summed E-state index contributed by atoms with van der Waals surface area (Å²) in [5.74, 6) is -1.09. The van der Waals surface area contributed by atoms with Crippen molar-refractivity contribution in [3.8, 4) is 5.75 Å². The van der Waals surface area contributed by atoms with E-state index in [0.717, 1.165) is 12.1 Å². The van der Waals surface area contributed by atoms with Gasteiger partial charge in [-0.1, -0.05) is 11.2 Å². The molecule has 8 heteroatoms. The lowest BCUT2D eigenvalue weighted by atomic mass is 10.2. The fraction of sp³-hybridized carbons (Fsp3) is 0.231. The van der Waals surface area contributed by atoms with Crippen molar-refractivity contribution in [1.82, 2.24) is 5.16 Å². The van der Waals surface area contributed by atoms with Gasteiger partial charge in [0, 0.05) is 0 Å². The Morgan fingerprint density at radius 2 is 2.14 bits per heavy atom. The number of hydrogen-bond acceptors (Lipinski definition) is 4. The average molecular weight is 301 g/mol. The van der Waals surface area contributed by atoms with Crippen LogP contribution in [-0.4, -0.2) is 16.2 Å². The summed E-state index contributed by atoms with van der Waals surface area (Å²) in [6, 6.07) is 4.30. The molecule has 0 saturated carbocycles. The molecule has 0 saturated heterocycles. The van der Waals surface area contributed by atoms with Crippen LogP contribution in [0.25, 0.3) is 0 Å². The Morgan fingerprint density at radius 3 is 2.76 bits per heavy atom. The van der Waals surface area contributed by atoms with Crippen LogP contribution < -0.4 is 4.74 Å². The number of rotatable bonds is 4. The van der Waals surface area contributed by atoms with Crippen LogP contribution in [0.4, 0.5) is 13.2 Å².